The molecule has 0 heterocycles. The van der Waals surface area contributed by atoms with E-state index in [1.165, 1.54) is 48.5 Å². The lowest BCUT2D eigenvalue weighted by Gasteiger charge is -2.26. The minimum atomic E-state index is -1.65. The third kappa shape index (κ3) is 4.22. The van der Waals surface area contributed by atoms with E-state index in [1.807, 2.05) is 0 Å². The standard InChI is InChI=1S/C22H24N2O7/c1-20(2,3)31-18(26)21(15-6-10-17(25)11-7-15)13-22(21,23)19(27)30-12-14-4-8-16(9-5-14)24(28)29/h4-11,25H,12-13,23H2,1-3H3. The van der Waals surface area contributed by atoms with Crippen LogP contribution in [0.1, 0.15) is 38.3 Å². The van der Waals surface area contributed by atoms with Crippen LogP contribution < -0.4 is 5.73 Å². The summed E-state index contributed by atoms with van der Waals surface area (Å²) in [5.74, 6) is -1.43. The number of nitro benzene ring substituents is 1. The van der Waals surface area contributed by atoms with Crippen molar-refractivity contribution in [2.45, 2.75) is 50.4 Å². The third-order valence-electron chi connectivity index (χ3n) is 5.17. The third-order valence-corrected chi connectivity index (χ3v) is 5.17. The fraction of sp³-hybridized carbons (Fsp3) is 0.364. The molecule has 1 aliphatic carbocycles. The lowest BCUT2D eigenvalue weighted by molar-refractivity contribution is -0.384. The van der Waals surface area contributed by atoms with E-state index in [0.29, 0.717) is 11.1 Å². The first-order valence-corrected chi connectivity index (χ1v) is 9.61. The van der Waals surface area contributed by atoms with Crippen molar-refractivity contribution in [1.29, 1.82) is 0 Å². The van der Waals surface area contributed by atoms with Gasteiger partial charge in [0.05, 0.1) is 4.92 Å². The van der Waals surface area contributed by atoms with Crippen molar-refractivity contribution < 1.29 is 29.1 Å². The molecule has 164 valence electrons. The van der Waals surface area contributed by atoms with Gasteiger partial charge in [-0.15, -0.1) is 0 Å². The number of esters is 2. The van der Waals surface area contributed by atoms with Gasteiger partial charge in [-0.25, -0.2) is 4.79 Å². The van der Waals surface area contributed by atoms with Crippen LogP contribution >= 0.6 is 0 Å². The first-order valence-electron chi connectivity index (χ1n) is 9.61. The van der Waals surface area contributed by atoms with Crippen molar-refractivity contribution in [1.82, 2.24) is 0 Å². The Hall–Kier alpha value is -3.46. The number of benzene rings is 2. The summed E-state index contributed by atoms with van der Waals surface area (Å²) in [6, 6.07) is 11.4. The molecule has 0 radical (unpaired) electrons. The van der Waals surface area contributed by atoms with Crippen LogP contribution in [0.3, 0.4) is 0 Å². The van der Waals surface area contributed by atoms with Crippen molar-refractivity contribution in [3.63, 3.8) is 0 Å². The first-order chi connectivity index (χ1) is 14.4. The van der Waals surface area contributed by atoms with Crippen LogP contribution in [0.4, 0.5) is 5.69 Å². The molecule has 9 nitrogen and oxygen atoms in total. The normalized spacial score (nSPS) is 22.5. The number of carbonyl (C=O) groups excluding carboxylic acids is 2. The lowest BCUT2D eigenvalue weighted by Crippen LogP contribution is -2.47. The first kappa shape index (κ1) is 22.2. The molecule has 2 aromatic rings. The molecule has 0 aromatic heterocycles. The number of nitrogens with two attached hydrogens (primary N) is 1. The Labute approximate surface area is 178 Å². The highest BCUT2D eigenvalue weighted by atomic mass is 16.6. The number of rotatable bonds is 6. The molecule has 0 amide bonds. The summed E-state index contributed by atoms with van der Waals surface area (Å²) in [7, 11) is 0. The van der Waals surface area contributed by atoms with E-state index in [4.69, 9.17) is 15.2 Å². The molecule has 0 bridgehead atoms. The Morgan fingerprint density at radius 2 is 1.68 bits per heavy atom. The molecule has 2 atom stereocenters. The molecule has 1 fully saturated rings. The number of hydrogen-bond acceptors (Lipinski definition) is 8. The number of hydrogen-bond donors (Lipinski definition) is 2. The number of ether oxygens (including phenoxy) is 2. The zero-order valence-electron chi connectivity index (χ0n) is 17.5. The van der Waals surface area contributed by atoms with E-state index < -0.39 is 33.4 Å². The summed E-state index contributed by atoms with van der Waals surface area (Å²) in [6.45, 7) is 4.98. The summed E-state index contributed by atoms with van der Waals surface area (Å²) < 4.78 is 10.9. The van der Waals surface area contributed by atoms with E-state index in [9.17, 15) is 24.8 Å². The van der Waals surface area contributed by atoms with Gasteiger partial charge in [0.2, 0.25) is 0 Å². The van der Waals surface area contributed by atoms with Crippen LogP contribution in [0, 0.1) is 10.1 Å². The van der Waals surface area contributed by atoms with Gasteiger partial charge in [-0.2, -0.15) is 0 Å². The molecule has 2 aromatic carbocycles. The summed E-state index contributed by atoms with van der Waals surface area (Å²) in [6.07, 6.45) is -0.0151. The van der Waals surface area contributed by atoms with Gasteiger partial charge in [-0.1, -0.05) is 12.1 Å². The average Bonchev–Trinajstić information content (AvgIpc) is 3.34. The van der Waals surface area contributed by atoms with Crippen molar-refractivity contribution in [2.75, 3.05) is 0 Å². The number of nitrogens with zero attached hydrogens (tertiary/aromatic N) is 1. The van der Waals surface area contributed by atoms with E-state index >= 15 is 0 Å². The summed E-state index contributed by atoms with van der Waals surface area (Å²) >= 11 is 0. The summed E-state index contributed by atoms with van der Waals surface area (Å²) in [4.78, 5) is 36.2. The topological polar surface area (TPSA) is 142 Å². The number of carbonyl (C=O) groups is 2. The van der Waals surface area contributed by atoms with Crippen molar-refractivity contribution in [2.24, 2.45) is 5.73 Å². The maximum absolute atomic E-state index is 13.1. The van der Waals surface area contributed by atoms with Gasteiger partial charge in [0.15, 0.2) is 0 Å². The van der Waals surface area contributed by atoms with Gasteiger partial charge in [0.1, 0.15) is 28.9 Å². The van der Waals surface area contributed by atoms with Gasteiger partial charge < -0.3 is 20.3 Å². The predicted octanol–water partition coefficient (Wildman–Crippen LogP) is 2.72. The fourth-order valence-corrected chi connectivity index (χ4v) is 3.45. The molecule has 3 N–H and O–H groups in total. The number of phenolic OH excluding ortho intramolecular Hbond substituents is 1. The highest BCUT2D eigenvalue weighted by molar-refractivity contribution is 6.03. The van der Waals surface area contributed by atoms with Gasteiger partial charge in [0.25, 0.3) is 5.69 Å². The van der Waals surface area contributed by atoms with Gasteiger partial charge in [-0.05, 0) is 56.2 Å². The number of nitro groups is 1. The fourth-order valence-electron chi connectivity index (χ4n) is 3.45. The molecule has 9 heteroatoms. The number of phenols is 1. The van der Waals surface area contributed by atoms with Crippen LogP contribution in [0.2, 0.25) is 0 Å². The van der Waals surface area contributed by atoms with Crippen LogP contribution in [-0.4, -0.2) is 33.1 Å². The Morgan fingerprint density at radius 1 is 1.10 bits per heavy atom. The highest BCUT2D eigenvalue weighted by Crippen LogP contribution is 2.58. The second-order valence-electron chi connectivity index (χ2n) is 8.60. The van der Waals surface area contributed by atoms with E-state index in [1.54, 1.807) is 20.8 Å². The number of non-ortho nitro benzene ring substituents is 1. The lowest BCUT2D eigenvalue weighted by atomic mass is 9.90. The minimum Gasteiger partial charge on any atom is -0.508 e. The Morgan fingerprint density at radius 3 is 2.19 bits per heavy atom. The minimum absolute atomic E-state index is 0.00658. The number of aromatic hydroxyl groups is 1. The highest BCUT2D eigenvalue weighted by Gasteiger charge is 2.77. The molecular weight excluding hydrogens is 404 g/mol. The van der Waals surface area contributed by atoms with Crippen LogP contribution in [0.5, 0.6) is 5.75 Å². The van der Waals surface area contributed by atoms with E-state index in [2.05, 4.69) is 0 Å². The predicted molar refractivity (Wildman–Crippen MR) is 110 cm³/mol. The zero-order valence-corrected chi connectivity index (χ0v) is 17.5. The summed E-state index contributed by atoms with van der Waals surface area (Å²) in [5, 5.41) is 20.3. The van der Waals surface area contributed by atoms with Gasteiger partial charge in [-0.3, -0.25) is 14.9 Å². The Bertz CT molecular complexity index is 1010. The maximum atomic E-state index is 13.1. The maximum Gasteiger partial charge on any atom is 0.328 e. The molecular formula is C22H24N2O7. The smallest absolute Gasteiger partial charge is 0.328 e. The molecule has 2 unspecified atom stereocenters. The van der Waals surface area contributed by atoms with Crippen LogP contribution in [-0.2, 0) is 31.1 Å². The van der Waals surface area contributed by atoms with Crippen LogP contribution in [0.15, 0.2) is 48.5 Å². The second kappa shape index (κ2) is 7.66. The molecule has 3 rings (SSSR count). The second-order valence-corrected chi connectivity index (χ2v) is 8.60. The molecule has 0 spiro atoms. The van der Waals surface area contributed by atoms with Crippen molar-refractivity contribution in [3.8, 4) is 5.75 Å². The molecule has 0 saturated heterocycles. The van der Waals surface area contributed by atoms with Gasteiger partial charge in [0, 0.05) is 18.6 Å². The SMILES string of the molecule is CC(C)(C)OC(=O)C1(c2ccc(O)cc2)CC1(N)C(=O)OCc1ccc([N+](=O)[O-])cc1. The summed E-state index contributed by atoms with van der Waals surface area (Å²) in [5.41, 5.74) is 3.37. The molecule has 1 saturated carbocycles. The average molecular weight is 428 g/mol. The van der Waals surface area contributed by atoms with E-state index in [-0.39, 0.29) is 24.5 Å². The Kier molecular flexibility index (Phi) is 5.49. The van der Waals surface area contributed by atoms with Gasteiger partial charge >= 0.3 is 11.9 Å². The monoisotopic (exact) mass is 428 g/mol. The zero-order chi connectivity index (χ0) is 23.0. The Balaban J connectivity index is 1.82. The largest absolute Gasteiger partial charge is 0.508 e. The molecule has 1 aliphatic rings. The van der Waals surface area contributed by atoms with E-state index in [0.717, 1.165) is 0 Å². The van der Waals surface area contributed by atoms with Crippen molar-refractivity contribution in [3.05, 3.63) is 69.8 Å². The quantitative estimate of drug-likeness (QED) is 0.406. The van der Waals surface area contributed by atoms with Crippen LogP contribution in [0.25, 0.3) is 0 Å². The van der Waals surface area contributed by atoms with Crippen molar-refractivity contribution >= 4 is 17.6 Å². The molecule has 31 heavy (non-hydrogen) atoms. The molecule has 0 aliphatic heterocycles.